The number of hydrogen-bond acceptors (Lipinski definition) is 7. The Bertz CT molecular complexity index is 960. The standard InChI is InChI=1S/C19H19N5O4/c1-26-15-8-13(9-16(27-2)18(15)28-11-17(20)25)10-22-24-12-21-23-19(24)14-6-4-3-5-7-14/h3-10,12H,11H2,1-2H3,(H2,20,25)/b22-10-. The summed E-state index contributed by atoms with van der Waals surface area (Å²) in [4.78, 5) is 11.0. The van der Waals surface area contributed by atoms with Gasteiger partial charge in [-0.05, 0) is 12.1 Å². The first-order chi connectivity index (χ1) is 13.6. The van der Waals surface area contributed by atoms with Gasteiger partial charge < -0.3 is 19.9 Å². The molecule has 3 rings (SSSR count). The summed E-state index contributed by atoms with van der Waals surface area (Å²) in [5.41, 5.74) is 6.71. The second-order valence-corrected chi connectivity index (χ2v) is 5.62. The third kappa shape index (κ3) is 4.26. The Labute approximate surface area is 161 Å². The van der Waals surface area contributed by atoms with Crippen LogP contribution < -0.4 is 19.9 Å². The van der Waals surface area contributed by atoms with Crippen molar-refractivity contribution in [1.82, 2.24) is 14.9 Å². The Balaban J connectivity index is 1.91. The number of nitrogens with zero attached hydrogens (tertiary/aromatic N) is 4. The van der Waals surface area contributed by atoms with Gasteiger partial charge in [-0.3, -0.25) is 4.79 Å². The van der Waals surface area contributed by atoms with Crippen molar-refractivity contribution in [2.45, 2.75) is 0 Å². The van der Waals surface area contributed by atoms with Crippen molar-refractivity contribution in [1.29, 1.82) is 0 Å². The second kappa shape index (κ2) is 8.67. The molecule has 0 aliphatic rings. The fourth-order valence-corrected chi connectivity index (χ4v) is 2.48. The minimum atomic E-state index is -0.601. The van der Waals surface area contributed by atoms with Crippen molar-refractivity contribution < 1.29 is 19.0 Å². The molecule has 9 heteroatoms. The van der Waals surface area contributed by atoms with Gasteiger partial charge in [0.25, 0.3) is 5.91 Å². The quantitative estimate of drug-likeness (QED) is 0.594. The minimum Gasteiger partial charge on any atom is -0.493 e. The van der Waals surface area contributed by atoms with Gasteiger partial charge in [-0.15, -0.1) is 10.2 Å². The Morgan fingerprint density at radius 3 is 2.46 bits per heavy atom. The molecule has 0 atom stereocenters. The van der Waals surface area contributed by atoms with Crippen molar-refractivity contribution in [2.75, 3.05) is 20.8 Å². The topological polar surface area (TPSA) is 114 Å². The van der Waals surface area contributed by atoms with Crippen molar-refractivity contribution >= 4 is 12.1 Å². The monoisotopic (exact) mass is 381 g/mol. The van der Waals surface area contributed by atoms with Gasteiger partial charge in [0.1, 0.15) is 6.33 Å². The van der Waals surface area contributed by atoms with Gasteiger partial charge >= 0.3 is 0 Å². The molecule has 9 nitrogen and oxygen atoms in total. The lowest BCUT2D eigenvalue weighted by Gasteiger charge is -2.14. The van der Waals surface area contributed by atoms with Crippen LogP contribution in [0.25, 0.3) is 11.4 Å². The molecule has 2 aromatic carbocycles. The number of rotatable bonds is 8. The molecule has 28 heavy (non-hydrogen) atoms. The predicted molar refractivity (Wildman–Crippen MR) is 103 cm³/mol. The zero-order valence-electron chi connectivity index (χ0n) is 15.4. The third-order valence-electron chi connectivity index (χ3n) is 3.74. The molecular formula is C19H19N5O4. The number of aromatic nitrogens is 3. The minimum absolute atomic E-state index is 0.287. The summed E-state index contributed by atoms with van der Waals surface area (Å²) in [7, 11) is 2.97. The number of carbonyl (C=O) groups is 1. The van der Waals surface area contributed by atoms with Gasteiger partial charge in [-0.25, -0.2) is 0 Å². The molecule has 0 fully saturated rings. The normalized spacial score (nSPS) is 10.8. The lowest BCUT2D eigenvalue weighted by molar-refractivity contribution is -0.119. The molecule has 3 aromatic rings. The summed E-state index contributed by atoms with van der Waals surface area (Å²) in [6.45, 7) is -0.290. The number of hydrogen-bond donors (Lipinski definition) is 1. The fourth-order valence-electron chi connectivity index (χ4n) is 2.48. The van der Waals surface area contributed by atoms with Crippen LogP contribution in [-0.4, -0.2) is 47.8 Å². The van der Waals surface area contributed by atoms with E-state index < -0.39 is 5.91 Å². The summed E-state index contributed by atoms with van der Waals surface area (Å²) < 4.78 is 17.6. The Kier molecular flexibility index (Phi) is 5.85. The predicted octanol–water partition coefficient (Wildman–Crippen LogP) is 1.71. The molecular weight excluding hydrogens is 362 g/mol. The van der Waals surface area contributed by atoms with Crippen LogP contribution in [0.1, 0.15) is 5.56 Å². The number of amides is 1. The van der Waals surface area contributed by atoms with E-state index in [9.17, 15) is 4.79 Å². The van der Waals surface area contributed by atoms with Gasteiger partial charge in [0.15, 0.2) is 23.9 Å². The molecule has 0 unspecified atom stereocenters. The molecule has 1 heterocycles. The molecule has 1 aromatic heterocycles. The first-order valence-electron chi connectivity index (χ1n) is 8.29. The first kappa shape index (κ1) is 18.9. The van der Waals surface area contributed by atoms with Crippen LogP contribution in [0.3, 0.4) is 0 Å². The molecule has 0 radical (unpaired) electrons. The highest BCUT2D eigenvalue weighted by Gasteiger charge is 2.15. The van der Waals surface area contributed by atoms with Crippen LogP contribution in [0.2, 0.25) is 0 Å². The SMILES string of the molecule is COc1cc(/C=N\n2cnnc2-c2ccccc2)cc(OC)c1OCC(N)=O. The average molecular weight is 381 g/mol. The summed E-state index contributed by atoms with van der Waals surface area (Å²) >= 11 is 0. The van der Waals surface area contributed by atoms with Crippen LogP contribution in [0.15, 0.2) is 53.9 Å². The van der Waals surface area contributed by atoms with Crippen molar-refractivity contribution in [3.63, 3.8) is 0 Å². The van der Waals surface area contributed by atoms with E-state index >= 15 is 0 Å². The van der Waals surface area contributed by atoms with E-state index in [0.29, 0.717) is 22.9 Å². The zero-order chi connectivity index (χ0) is 19.9. The molecule has 0 spiro atoms. The number of methoxy groups -OCH3 is 2. The van der Waals surface area contributed by atoms with E-state index in [2.05, 4.69) is 15.3 Å². The van der Waals surface area contributed by atoms with Crippen LogP contribution in [-0.2, 0) is 4.79 Å². The van der Waals surface area contributed by atoms with Gasteiger partial charge in [-0.2, -0.15) is 9.78 Å². The smallest absolute Gasteiger partial charge is 0.255 e. The number of nitrogens with two attached hydrogens (primary N) is 1. The van der Waals surface area contributed by atoms with Crippen molar-refractivity contribution in [3.8, 4) is 28.6 Å². The molecule has 0 saturated carbocycles. The summed E-state index contributed by atoms with van der Waals surface area (Å²) in [5.74, 6) is 1.06. The Morgan fingerprint density at radius 2 is 1.86 bits per heavy atom. The maximum Gasteiger partial charge on any atom is 0.255 e. The number of carbonyl (C=O) groups excluding carboxylic acids is 1. The summed E-state index contributed by atoms with van der Waals surface area (Å²) in [6, 6.07) is 13.0. The number of ether oxygens (including phenoxy) is 3. The molecule has 0 saturated heterocycles. The summed E-state index contributed by atoms with van der Waals surface area (Å²) in [6.07, 6.45) is 3.12. The van der Waals surface area contributed by atoms with Crippen LogP contribution >= 0.6 is 0 Å². The fraction of sp³-hybridized carbons (Fsp3) is 0.158. The Hall–Kier alpha value is -3.88. The van der Waals surface area contributed by atoms with E-state index in [1.54, 1.807) is 23.0 Å². The van der Waals surface area contributed by atoms with Crippen molar-refractivity contribution in [2.24, 2.45) is 10.8 Å². The highest BCUT2D eigenvalue weighted by Crippen LogP contribution is 2.38. The van der Waals surface area contributed by atoms with Gasteiger partial charge in [0, 0.05) is 11.1 Å². The van der Waals surface area contributed by atoms with E-state index in [-0.39, 0.29) is 12.4 Å². The molecule has 144 valence electrons. The van der Waals surface area contributed by atoms with Crippen LogP contribution in [0, 0.1) is 0 Å². The van der Waals surface area contributed by atoms with Crippen molar-refractivity contribution in [3.05, 3.63) is 54.4 Å². The average Bonchev–Trinajstić information content (AvgIpc) is 3.19. The number of benzene rings is 2. The third-order valence-corrected chi connectivity index (χ3v) is 3.74. The van der Waals surface area contributed by atoms with E-state index in [1.165, 1.54) is 20.5 Å². The maximum atomic E-state index is 11.0. The molecule has 1 amide bonds. The van der Waals surface area contributed by atoms with Gasteiger partial charge in [0.2, 0.25) is 5.75 Å². The highest BCUT2D eigenvalue weighted by molar-refractivity contribution is 5.83. The summed E-state index contributed by atoms with van der Waals surface area (Å²) in [5, 5.41) is 12.4. The lowest BCUT2D eigenvalue weighted by Crippen LogP contribution is -2.20. The molecule has 0 aliphatic heterocycles. The molecule has 0 aliphatic carbocycles. The number of primary amides is 1. The maximum absolute atomic E-state index is 11.0. The Morgan fingerprint density at radius 1 is 1.18 bits per heavy atom. The van der Waals surface area contributed by atoms with Crippen LogP contribution in [0.4, 0.5) is 0 Å². The lowest BCUT2D eigenvalue weighted by atomic mass is 10.2. The largest absolute Gasteiger partial charge is 0.493 e. The van der Waals surface area contributed by atoms with E-state index in [4.69, 9.17) is 19.9 Å². The highest BCUT2D eigenvalue weighted by atomic mass is 16.5. The molecule has 2 N–H and O–H groups in total. The van der Waals surface area contributed by atoms with Gasteiger partial charge in [-0.1, -0.05) is 30.3 Å². The van der Waals surface area contributed by atoms with Crippen LogP contribution in [0.5, 0.6) is 17.2 Å². The van der Waals surface area contributed by atoms with E-state index in [1.807, 2.05) is 30.3 Å². The molecule has 0 bridgehead atoms. The van der Waals surface area contributed by atoms with Gasteiger partial charge in [0.05, 0.1) is 20.4 Å². The second-order valence-electron chi connectivity index (χ2n) is 5.62. The zero-order valence-corrected chi connectivity index (χ0v) is 15.4. The van der Waals surface area contributed by atoms with E-state index in [0.717, 1.165) is 5.56 Å². The first-order valence-corrected chi connectivity index (χ1v) is 8.29.